The van der Waals surface area contributed by atoms with Gasteiger partial charge in [0.25, 0.3) is 0 Å². The molecule has 1 aromatic rings. The molecule has 1 rings (SSSR count). The number of alkyl halides is 3. The van der Waals surface area contributed by atoms with Crippen LogP contribution in [0, 0.1) is 0 Å². The fourth-order valence-corrected chi connectivity index (χ4v) is 1.48. The average molecular weight is 280 g/mol. The average Bonchev–Trinajstić information content (AvgIpc) is 2.15. The minimum absolute atomic E-state index is 0.0335. The van der Waals surface area contributed by atoms with Crippen LogP contribution in [0.3, 0.4) is 0 Å². The SMILES string of the molecule is O=C=NCc1ccc(Br)c(C(F)(F)F)c1. The van der Waals surface area contributed by atoms with Crippen LogP contribution in [0.2, 0.25) is 0 Å². The number of benzene rings is 1. The maximum Gasteiger partial charge on any atom is 0.417 e. The molecule has 1 aromatic carbocycles. The molecule has 0 bridgehead atoms. The van der Waals surface area contributed by atoms with Gasteiger partial charge in [-0.3, -0.25) is 0 Å². The molecular formula is C9H5BrF3NO. The van der Waals surface area contributed by atoms with Crippen LogP contribution in [0.1, 0.15) is 11.1 Å². The van der Waals surface area contributed by atoms with E-state index < -0.39 is 11.7 Å². The Morgan fingerprint density at radius 1 is 1.40 bits per heavy atom. The zero-order chi connectivity index (χ0) is 11.5. The topological polar surface area (TPSA) is 29.4 Å². The number of aliphatic imine (C=N–C) groups is 1. The van der Waals surface area contributed by atoms with E-state index in [0.29, 0.717) is 5.56 Å². The Morgan fingerprint density at radius 3 is 2.60 bits per heavy atom. The Hall–Kier alpha value is -1.13. The molecule has 80 valence electrons. The summed E-state index contributed by atoms with van der Waals surface area (Å²) in [6.07, 6.45) is -3.15. The molecule has 0 saturated heterocycles. The van der Waals surface area contributed by atoms with Gasteiger partial charge in [-0.05, 0) is 17.7 Å². The Bertz CT molecular complexity index is 410. The lowest BCUT2D eigenvalue weighted by molar-refractivity contribution is -0.138. The highest BCUT2D eigenvalue weighted by atomic mass is 79.9. The van der Waals surface area contributed by atoms with Crippen molar-refractivity contribution in [3.63, 3.8) is 0 Å². The second-order valence-corrected chi connectivity index (χ2v) is 3.57. The number of halogens is 4. The Kier molecular flexibility index (Phi) is 3.66. The first-order chi connectivity index (χ1) is 6.95. The van der Waals surface area contributed by atoms with Crippen molar-refractivity contribution in [3.05, 3.63) is 33.8 Å². The van der Waals surface area contributed by atoms with Crippen LogP contribution in [-0.2, 0) is 17.5 Å². The maximum absolute atomic E-state index is 12.4. The van der Waals surface area contributed by atoms with E-state index in [4.69, 9.17) is 0 Å². The van der Waals surface area contributed by atoms with Crippen molar-refractivity contribution in [1.82, 2.24) is 0 Å². The zero-order valence-corrected chi connectivity index (χ0v) is 8.89. The third-order valence-corrected chi connectivity index (χ3v) is 2.35. The van der Waals surface area contributed by atoms with Crippen molar-refractivity contribution < 1.29 is 18.0 Å². The summed E-state index contributed by atoms with van der Waals surface area (Å²) < 4.78 is 37.2. The molecule has 0 N–H and O–H groups in total. The molecule has 0 fully saturated rings. The van der Waals surface area contributed by atoms with E-state index >= 15 is 0 Å². The number of hydrogen-bond acceptors (Lipinski definition) is 2. The Morgan fingerprint density at radius 2 is 2.07 bits per heavy atom. The van der Waals surface area contributed by atoms with Crippen molar-refractivity contribution in [1.29, 1.82) is 0 Å². The highest BCUT2D eigenvalue weighted by Crippen LogP contribution is 2.35. The van der Waals surface area contributed by atoms with Gasteiger partial charge in [0.2, 0.25) is 6.08 Å². The van der Waals surface area contributed by atoms with Gasteiger partial charge in [0, 0.05) is 4.47 Å². The highest BCUT2D eigenvalue weighted by Gasteiger charge is 2.32. The molecule has 0 atom stereocenters. The summed E-state index contributed by atoms with van der Waals surface area (Å²) in [5.41, 5.74) is -0.463. The number of nitrogens with zero attached hydrogens (tertiary/aromatic N) is 1. The standard InChI is InChI=1S/C9H5BrF3NO/c10-8-2-1-6(4-14-5-15)3-7(8)9(11,12)13/h1-3H,4H2. The van der Waals surface area contributed by atoms with E-state index in [1.165, 1.54) is 18.2 Å². The van der Waals surface area contributed by atoms with Gasteiger partial charge in [-0.2, -0.15) is 13.2 Å². The normalized spacial score (nSPS) is 10.9. The first-order valence-corrected chi connectivity index (χ1v) is 4.63. The minimum Gasteiger partial charge on any atom is -0.211 e. The van der Waals surface area contributed by atoms with Gasteiger partial charge in [-0.25, -0.2) is 9.79 Å². The van der Waals surface area contributed by atoms with Crippen LogP contribution in [0.25, 0.3) is 0 Å². The molecule has 0 radical (unpaired) electrons. The molecule has 0 aliphatic carbocycles. The maximum atomic E-state index is 12.4. The Labute approximate surface area is 91.9 Å². The number of carbonyl (C=O) groups excluding carboxylic acids is 1. The van der Waals surface area contributed by atoms with Crippen molar-refractivity contribution in [3.8, 4) is 0 Å². The van der Waals surface area contributed by atoms with E-state index in [-0.39, 0.29) is 11.0 Å². The molecule has 0 heterocycles. The van der Waals surface area contributed by atoms with Crippen LogP contribution >= 0.6 is 15.9 Å². The van der Waals surface area contributed by atoms with Crippen LogP contribution in [0.5, 0.6) is 0 Å². The van der Waals surface area contributed by atoms with Crippen molar-refractivity contribution in [2.75, 3.05) is 0 Å². The van der Waals surface area contributed by atoms with Crippen molar-refractivity contribution in [2.45, 2.75) is 12.7 Å². The summed E-state index contributed by atoms with van der Waals surface area (Å²) in [5, 5.41) is 0. The van der Waals surface area contributed by atoms with E-state index in [2.05, 4.69) is 20.9 Å². The van der Waals surface area contributed by atoms with Gasteiger partial charge in [-0.1, -0.05) is 22.0 Å². The van der Waals surface area contributed by atoms with Gasteiger partial charge in [0.1, 0.15) is 0 Å². The van der Waals surface area contributed by atoms with Gasteiger partial charge in [0.15, 0.2) is 0 Å². The van der Waals surface area contributed by atoms with E-state index in [0.717, 1.165) is 6.07 Å². The molecular weight excluding hydrogens is 275 g/mol. The zero-order valence-electron chi connectivity index (χ0n) is 7.31. The van der Waals surface area contributed by atoms with E-state index in [1.54, 1.807) is 0 Å². The third kappa shape index (κ3) is 3.18. The summed E-state index contributed by atoms with van der Waals surface area (Å²) in [7, 11) is 0. The van der Waals surface area contributed by atoms with Crippen LogP contribution in [0.4, 0.5) is 13.2 Å². The number of hydrogen-bond donors (Lipinski definition) is 0. The third-order valence-electron chi connectivity index (χ3n) is 1.66. The van der Waals surface area contributed by atoms with Gasteiger partial charge < -0.3 is 0 Å². The Balaban J connectivity index is 3.11. The lowest BCUT2D eigenvalue weighted by atomic mass is 10.1. The molecule has 0 unspecified atom stereocenters. The molecule has 15 heavy (non-hydrogen) atoms. The molecule has 0 spiro atoms. The minimum atomic E-state index is -4.42. The van der Waals surface area contributed by atoms with Gasteiger partial charge in [0.05, 0.1) is 12.1 Å². The summed E-state index contributed by atoms with van der Waals surface area (Å²) in [6, 6.07) is 3.68. The fraction of sp³-hybridized carbons (Fsp3) is 0.222. The second kappa shape index (κ2) is 4.59. The first kappa shape index (κ1) is 11.9. The first-order valence-electron chi connectivity index (χ1n) is 3.84. The second-order valence-electron chi connectivity index (χ2n) is 2.72. The fourth-order valence-electron chi connectivity index (χ4n) is 1.01. The van der Waals surface area contributed by atoms with Crippen LogP contribution in [0.15, 0.2) is 27.7 Å². The van der Waals surface area contributed by atoms with E-state index in [1.807, 2.05) is 0 Å². The molecule has 6 heteroatoms. The molecule has 0 amide bonds. The largest absolute Gasteiger partial charge is 0.417 e. The summed E-state index contributed by atoms with van der Waals surface area (Å²) in [5.74, 6) is 0. The molecule has 0 aromatic heterocycles. The quantitative estimate of drug-likeness (QED) is 0.603. The molecule has 0 aliphatic rings. The molecule has 0 aliphatic heterocycles. The number of isocyanates is 1. The van der Waals surface area contributed by atoms with Crippen LogP contribution in [-0.4, -0.2) is 6.08 Å². The van der Waals surface area contributed by atoms with Gasteiger partial charge in [-0.15, -0.1) is 0 Å². The summed E-state index contributed by atoms with van der Waals surface area (Å²) in [4.78, 5) is 13.0. The van der Waals surface area contributed by atoms with Crippen molar-refractivity contribution in [2.24, 2.45) is 4.99 Å². The molecule has 0 saturated carbocycles. The summed E-state index contributed by atoms with van der Waals surface area (Å²) >= 11 is 2.81. The van der Waals surface area contributed by atoms with Crippen LogP contribution < -0.4 is 0 Å². The lowest BCUT2D eigenvalue weighted by Crippen LogP contribution is -2.06. The molecule has 2 nitrogen and oxygen atoms in total. The van der Waals surface area contributed by atoms with E-state index in [9.17, 15) is 18.0 Å². The smallest absolute Gasteiger partial charge is 0.211 e. The number of rotatable bonds is 2. The lowest BCUT2D eigenvalue weighted by Gasteiger charge is -2.09. The monoisotopic (exact) mass is 279 g/mol. The predicted molar refractivity (Wildman–Crippen MR) is 51.0 cm³/mol. The van der Waals surface area contributed by atoms with Gasteiger partial charge >= 0.3 is 6.18 Å². The van der Waals surface area contributed by atoms with Crippen molar-refractivity contribution >= 4 is 22.0 Å². The predicted octanol–water partition coefficient (Wildman–Crippen LogP) is 3.30. The summed E-state index contributed by atoms with van der Waals surface area (Å²) in [6.45, 7) is -0.0974. The highest BCUT2D eigenvalue weighted by molar-refractivity contribution is 9.10.